The van der Waals surface area contributed by atoms with Gasteiger partial charge in [0.1, 0.15) is 11.7 Å². The van der Waals surface area contributed by atoms with Gasteiger partial charge in [-0.25, -0.2) is 26.4 Å². The van der Waals surface area contributed by atoms with Crippen LogP contribution in [-0.4, -0.2) is 144 Å². The van der Waals surface area contributed by atoms with Crippen LogP contribution in [0.3, 0.4) is 0 Å². The Balaban J connectivity index is 0.000000302. The first-order valence-corrected chi connectivity index (χ1v) is 30.5. The molecule has 82 heavy (non-hydrogen) atoms. The van der Waals surface area contributed by atoms with E-state index in [1.165, 1.54) is 32.9 Å². The topological polar surface area (TPSA) is 282 Å². The number of hydrogen-bond donors (Lipinski definition) is 6. The molecule has 6 rings (SSSR count). The Hall–Kier alpha value is -6.34. The van der Waals surface area contributed by atoms with Crippen molar-refractivity contribution in [3.05, 3.63) is 120 Å². The number of sulfonamides is 2. The molecule has 2 saturated heterocycles. The van der Waals surface area contributed by atoms with Crippen molar-refractivity contribution in [2.45, 2.75) is 145 Å². The van der Waals surface area contributed by atoms with Crippen LogP contribution in [0, 0.1) is 39.4 Å². The molecule has 20 nitrogen and oxygen atoms in total. The number of nitriles is 2. The number of aliphatic hydroxyl groups excluding tert-OH is 2. The second kappa shape index (κ2) is 30.3. The van der Waals surface area contributed by atoms with Crippen molar-refractivity contribution >= 4 is 43.6 Å². The highest BCUT2D eigenvalue weighted by Crippen LogP contribution is 2.34. The molecular formula is C60H84N8O12S2. The van der Waals surface area contributed by atoms with Crippen LogP contribution in [0.1, 0.15) is 91.7 Å². The number of benzene rings is 4. The molecule has 2 aliphatic heterocycles. The van der Waals surface area contributed by atoms with E-state index in [0.29, 0.717) is 30.8 Å². The van der Waals surface area contributed by atoms with Crippen molar-refractivity contribution < 1.29 is 55.6 Å². The summed E-state index contributed by atoms with van der Waals surface area (Å²) in [4.78, 5) is 25.9. The second-order valence-corrected chi connectivity index (χ2v) is 27.2. The number of rotatable bonds is 27. The first-order valence-electron chi connectivity index (χ1n) is 27.6. The molecule has 2 aliphatic rings. The number of nitrogens with one attached hydrogen (secondary N) is 4. The highest BCUT2D eigenvalue weighted by Gasteiger charge is 2.44. The fourth-order valence-electron chi connectivity index (χ4n) is 9.62. The van der Waals surface area contributed by atoms with Gasteiger partial charge in [-0.15, -0.1) is 0 Å². The fraction of sp³-hybridized carbons (Fsp3) is 0.533. The number of carbonyl (C=O) groups is 2. The van der Waals surface area contributed by atoms with Gasteiger partial charge in [-0.05, 0) is 111 Å². The molecule has 2 amide bonds. The Morgan fingerprint density at radius 2 is 1.10 bits per heavy atom. The molecule has 0 aliphatic carbocycles. The van der Waals surface area contributed by atoms with Crippen molar-refractivity contribution in [3.63, 3.8) is 0 Å². The average Bonchev–Trinajstić information content (AvgIpc) is 4.07. The first-order chi connectivity index (χ1) is 38.7. The largest absolute Gasteiger partial charge is 0.444 e. The number of nitrogens with zero attached hydrogens (tertiary/aromatic N) is 4. The zero-order valence-electron chi connectivity index (χ0n) is 48.7. The summed E-state index contributed by atoms with van der Waals surface area (Å²) in [5.41, 5.74) is 1.12. The SMILES string of the molecule is CNc1cccc(S(=O)(=O)N(CC(O)[C@H](Cc2ccccc2)NC(=O)OC(C)(C)C)CC(C)(C)CCC#N)c1.CNc1cccc(S(=O)(=O)N(CC(O)[C@H](Cc2ccccc2)NC(=O)OC2COC3OCCC23)CC(C)(C)CCC#N)c1. The summed E-state index contributed by atoms with van der Waals surface area (Å²) in [6.07, 6.45) is -2.10. The summed E-state index contributed by atoms with van der Waals surface area (Å²) in [6.45, 7) is 13.1. The third-order valence-corrected chi connectivity index (χ3v) is 17.7. The Morgan fingerprint density at radius 3 is 1.51 bits per heavy atom. The van der Waals surface area contributed by atoms with Crippen LogP contribution in [-0.2, 0) is 51.8 Å². The lowest BCUT2D eigenvalue weighted by Gasteiger charge is -2.35. The molecule has 0 bridgehead atoms. The standard InChI is InChI=1S/C31H42N4O7S.C29H42N4O5S/c1-31(2,14-8-15-32)21-35(43(38,39)24-12-7-11-23(18-24)33-3)19-27(36)26(17-22-9-5-4-6-10-22)34-30(37)42-28-20-41-29-25(28)13-16-40-29;1-28(2,3)38-27(35)32-25(18-22-12-8-7-9-13-22)26(34)20-33(21-29(4,5)16-11-17-30)39(36,37)24-15-10-14-23(19-24)31-6/h4-7,9-12,18,25-29,33,36H,8,13-14,16-17,19-21H2,1-3H3,(H,34,37);7-10,12-15,19,25-26,31,34H,11,16,18,20-21H2,1-6H3,(H,32,35)/t25?,26-,27?,28?,29?;25-,26?/m00/s1. The molecule has 0 spiro atoms. The maximum Gasteiger partial charge on any atom is 0.407 e. The molecule has 22 heteroatoms. The molecule has 0 radical (unpaired) electrons. The summed E-state index contributed by atoms with van der Waals surface area (Å²) in [6, 6.07) is 34.1. The van der Waals surface area contributed by atoms with Crippen LogP contribution in [0.25, 0.3) is 0 Å². The highest BCUT2D eigenvalue weighted by atomic mass is 32.2. The van der Waals surface area contributed by atoms with Gasteiger partial charge in [0.25, 0.3) is 0 Å². The molecule has 4 aromatic carbocycles. The van der Waals surface area contributed by atoms with Gasteiger partial charge < -0.3 is 50.4 Å². The van der Waals surface area contributed by atoms with Crippen molar-refractivity contribution in [3.8, 4) is 12.1 Å². The van der Waals surface area contributed by atoms with E-state index in [9.17, 15) is 36.6 Å². The van der Waals surface area contributed by atoms with Crippen LogP contribution in [0.2, 0.25) is 0 Å². The van der Waals surface area contributed by atoms with E-state index < -0.39 is 79.1 Å². The number of fused-ring (bicyclic) bond motifs is 1. The third kappa shape index (κ3) is 20.5. The number of carbonyl (C=O) groups excluding carboxylic acids is 2. The number of amides is 2. The van der Waals surface area contributed by atoms with Crippen LogP contribution < -0.4 is 21.3 Å². The van der Waals surface area contributed by atoms with Crippen LogP contribution in [0.4, 0.5) is 21.0 Å². The number of aliphatic hydroxyl groups is 2. The Bertz CT molecular complexity index is 2990. The maximum atomic E-state index is 14.0. The smallest absolute Gasteiger partial charge is 0.407 e. The number of alkyl carbamates (subject to hydrolysis) is 2. The molecule has 6 N–H and O–H groups in total. The van der Waals surface area contributed by atoms with E-state index in [0.717, 1.165) is 17.5 Å². The van der Waals surface area contributed by atoms with E-state index in [2.05, 4.69) is 33.4 Å². The lowest BCUT2D eigenvalue weighted by Crippen LogP contribution is -2.52. The summed E-state index contributed by atoms with van der Waals surface area (Å²) < 4.78 is 80.5. The van der Waals surface area contributed by atoms with E-state index in [-0.39, 0.29) is 80.5 Å². The minimum Gasteiger partial charge on any atom is -0.444 e. The lowest BCUT2D eigenvalue weighted by atomic mass is 9.88. The van der Waals surface area contributed by atoms with E-state index in [1.807, 2.05) is 88.4 Å². The molecule has 7 atom stereocenters. The Labute approximate surface area is 485 Å². The summed E-state index contributed by atoms with van der Waals surface area (Å²) in [7, 11) is -4.71. The van der Waals surface area contributed by atoms with Crippen molar-refractivity contribution in [1.29, 1.82) is 10.5 Å². The van der Waals surface area contributed by atoms with Crippen molar-refractivity contribution in [2.24, 2.45) is 16.7 Å². The van der Waals surface area contributed by atoms with Crippen molar-refractivity contribution in [1.82, 2.24) is 19.2 Å². The summed E-state index contributed by atoms with van der Waals surface area (Å²) >= 11 is 0. The minimum absolute atomic E-state index is 0.0482. The van der Waals surface area contributed by atoms with Gasteiger partial charge in [-0.3, -0.25) is 0 Å². The third-order valence-electron chi connectivity index (χ3n) is 14.1. The normalized spacial score (nSPS) is 17.9. The van der Waals surface area contributed by atoms with E-state index in [4.69, 9.17) is 29.5 Å². The lowest BCUT2D eigenvalue weighted by molar-refractivity contribution is -0.0907. The highest BCUT2D eigenvalue weighted by molar-refractivity contribution is 7.89. The predicted molar refractivity (Wildman–Crippen MR) is 313 cm³/mol. The molecule has 4 aromatic rings. The van der Waals surface area contributed by atoms with Gasteiger partial charge in [0.2, 0.25) is 20.0 Å². The summed E-state index contributed by atoms with van der Waals surface area (Å²) in [5, 5.41) is 52.7. The average molecular weight is 1170 g/mol. The van der Waals surface area contributed by atoms with E-state index in [1.54, 1.807) is 59.1 Å². The molecule has 2 fully saturated rings. The predicted octanol–water partition coefficient (Wildman–Crippen LogP) is 8.05. The van der Waals surface area contributed by atoms with Gasteiger partial charge in [0.15, 0.2) is 6.29 Å². The number of ether oxygens (including phenoxy) is 4. The van der Waals surface area contributed by atoms with Gasteiger partial charge in [0, 0.05) is 64.5 Å². The van der Waals surface area contributed by atoms with Crippen LogP contribution >= 0.6 is 0 Å². The van der Waals surface area contributed by atoms with Crippen LogP contribution in [0.15, 0.2) is 119 Å². The second-order valence-electron chi connectivity index (χ2n) is 23.3. The van der Waals surface area contributed by atoms with Gasteiger partial charge >= 0.3 is 12.2 Å². The Morgan fingerprint density at radius 1 is 0.659 bits per heavy atom. The monoisotopic (exact) mass is 1170 g/mol. The summed E-state index contributed by atoms with van der Waals surface area (Å²) in [5.74, 6) is -0.0482. The number of anilines is 2. The minimum atomic E-state index is -4.07. The van der Waals surface area contributed by atoms with E-state index >= 15 is 0 Å². The molecule has 0 aromatic heterocycles. The van der Waals surface area contributed by atoms with Gasteiger partial charge in [0.05, 0.1) is 65.4 Å². The zero-order chi connectivity index (χ0) is 60.3. The maximum absolute atomic E-state index is 14.0. The first kappa shape index (κ1) is 66.5. The van der Waals surface area contributed by atoms with Crippen LogP contribution in [0.5, 0.6) is 0 Å². The zero-order valence-corrected chi connectivity index (χ0v) is 50.3. The quantitative estimate of drug-likeness (QED) is 0.0329. The molecule has 5 unspecified atom stereocenters. The molecule has 448 valence electrons. The number of hydrogen-bond acceptors (Lipinski definition) is 16. The van der Waals surface area contributed by atoms with Gasteiger partial charge in [-0.1, -0.05) is 100 Å². The molecule has 2 heterocycles. The van der Waals surface area contributed by atoms with Gasteiger partial charge in [-0.2, -0.15) is 19.1 Å². The Kier molecular flexibility index (Phi) is 24.5. The molecule has 0 saturated carbocycles. The van der Waals surface area contributed by atoms with Crippen molar-refractivity contribution in [2.75, 3.05) is 64.1 Å². The molecular weight excluding hydrogens is 1090 g/mol. The fourth-order valence-corrected chi connectivity index (χ4v) is 13.0.